The Hall–Kier alpha value is -5.29. The average Bonchev–Trinajstić information content (AvgIpc) is 3.40. The number of carbonyl (C=O) groups excluding carboxylic acids is 4. The summed E-state index contributed by atoms with van der Waals surface area (Å²) in [6.45, 7) is 1.13. The number of imide groups is 1. The van der Waals surface area contributed by atoms with Crippen molar-refractivity contribution in [3.05, 3.63) is 164 Å². The van der Waals surface area contributed by atoms with Gasteiger partial charge < -0.3 is 4.18 Å². The number of Topliss-reactive ketones (excluding diaryl/α,β-unsaturated/α-hetero) is 1. The van der Waals surface area contributed by atoms with Crippen LogP contribution in [-0.4, -0.2) is 48.5 Å². The van der Waals surface area contributed by atoms with Crippen LogP contribution >= 0.6 is 23.2 Å². The van der Waals surface area contributed by atoms with Crippen molar-refractivity contribution in [1.82, 2.24) is 10.0 Å². The molecule has 1 fully saturated rings. The number of amides is 3. The Morgan fingerprint density at radius 2 is 1.25 bits per heavy atom. The lowest BCUT2D eigenvalue weighted by atomic mass is 9.55. The molecule has 5 aromatic rings. The van der Waals surface area contributed by atoms with Crippen LogP contribution in [0.2, 0.25) is 10.0 Å². The molecular weight excluding hydrogens is 723 g/mol. The minimum absolute atomic E-state index is 0.0253. The van der Waals surface area contributed by atoms with E-state index in [9.17, 15) is 27.6 Å². The highest BCUT2D eigenvalue weighted by Gasteiger charge is 2.63. The van der Waals surface area contributed by atoms with Gasteiger partial charge >= 0.3 is 10.1 Å². The molecule has 0 radical (unpaired) electrons. The average molecular weight is 752 g/mol. The van der Waals surface area contributed by atoms with Gasteiger partial charge in [0, 0.05) is 22.4 Å². The van der Waals surface area contributed by atoms with Crippen LogP contribution in [0.1, 0.15) is 60.4 Å². The van der Waals surface area contributed by atoms with Crippen molar-refractivity contribution in [2.45, 2.75) is 23.7 Å². The van der Waals surface area contributed by atoms with Crippen LogP contribution in [0.5, 0.6) is 5.75 Å². The molecule has 0 saturated carbocycles. The monoisotopic (exact) mass is 750 g/mol. The van der Waals surface area contributed by atoms with Gasteiger partial charge in [0.1, 0.15) is 17.2 Å². The lowest BCUT2D eigenvalue weighted by Gasteiger charge is -2.45. The van der Waals surface area contributed by atoms with E-state index < -0.39 is 63.8 Å². The predicted octanol–water partition coefficient (Wildman–Crippen LogP) is 7.20. The van der Waals surface area contributed by atoms with Crippen LogP contribution in [0.15, 0.2) is 120 Å². The van der Waals surface area contributed by atoms with Gasteiger partial charge in [0.25, 0.3) is 17.7 Å². The van der Waals surface area contributed by atoms with Crippen molar-refractivity contribution in [3.8, 4) is 5.75 Å². The fourth-order valence-corrected chi connectivity index (χ4v) is 9.16. The van der Waals surface area contributed by atoms with E-state index in [0.717, 1.165) is 37.8 Å². The summed E-state index contributed by atoms with van der Waals surface area (Å²) in [5.74, 6) is -5.17. The first kappa shape index (κ1) is 33.8. The fourth-order valence-electron chi connectivity index (χ4n) is 7.74. The molecule has 3 aliphatic carbocycles. The van der Waals surface area contributed by atoms with Gasteiger partial charge in [0.2, 0.25) is 0 Å². The highest BCUT2D eigenvalue weighted by atomic mass is 35.5. The van der Waals surface area contributed by atoms with E-state index in [2.05, 4.69) is 0 Å². The Labute approximate surface area is 309 Å². The maximum absolute atomic E-state index is 14.6. The van der Waals surface area contributed by atoms with E-state index in [1.165, 1.54) is 54.6 Å². The van der Waals surface area contributed by atoms with Crippen molar-refractivity contribution in [3.63, 3.8) is 0 Å². The third-order valence-electron chi connectivity index (χ3n) is 10.0. The number of hydrogen-bond donors (Lipinski definition) is 0. The quantitative estimate of drug-likeness (QED) is 0.0935. The topological polar surface area (TPSA) is 118 Å². The van der Waals surface area contributed by atoms with Gasteiger partial charge in [-0.25, -0.2) is 5.01 Å². The number of halogens is 2. The molecular formula is C40H28Cl2N2O7S. The molecule has 5 aromatic carbocycles. The summed E-state index contributed by atoms with van der Waals surface area (Å²) in [7, 11) is -4.15. The molecule has 1 aliphatic heterocycles. The number of carbonyl (C=O) groups is 4. The summed E-state index contributed by atoms with van der Waals surface area (Å²) in [6, 6.07) is 31.2. The maximum Gasteiger partial charge on any atom is 0.339 e. The molecule has 1 saturated heterocycles. The number of nitrogens with zero attached hydrogens (tertiary/aromatic N) is 2. The first-order valence-corrected chi connectivity index (χ1v) is 18.6. The van der Waals surface area contributed by atoms with Crippen LogP contribution in [0.4, 0.5) is 0 Å². The molecule has 1 heterocycles. The molecule has 9 nitrogen and oxygen atoms in total. The van der Waals surface area contributed by atoms with Crippen molar-refractivity contribution in [2.24, 2.45) is 11.8 Å². The molecule has 0 aromatic heterocycles. The minimum atomic E-state index is -4.15. The van der Waals surface area contributed by atoms with E-state index >= 15 is 0 Å². The Bertz CT molecular complexity index is 2320. The van der Waals surface area contributed by atoms with E-state index in [1.54, 1.807) is 12.1 Å². The zero-order valence-electron chi connectivity index (χ0n) is 27.4. The normalized spacial score (nSPS) is 19.9. The second-order valence-corrected chi connectivity index (χ2v) is 15.4. The third kappa shape index (κ3) is 5.49. The molecule has 4 aliphatic rings. The summed E-state index contributed by atoms with van der Waals surface area (Å²) >= 11 is 12.6. The maximum atomic E-state index is 14.6. The molecule has 0 N–H and O–H groups in total. The van der Waals surface area contributed by atoms with Crippen molar-refractivity contribution in [1.29, 1.82) is 0 Å². The zero-order chi connectivity index (χ0) is 36.5. The fraction of sp³-hybridized carbons (Fsp3) is 0.150. The zero-order valence-corrected chi connectivity index (χ0v) is 29.7. The SMILES string of the molecule is Cc1ccc(S(=O)(=O)Oc2ccc(C(=O)CN(C(=O)c3ccc(Cl)cc3Cl)N3C(=O)[C@@H]4C5c6ccccc6C(c6ccccc65)[C@H]4C3=O)cc2)cc1. The first-order valence-electron chi connectivity index (χ1n) is 16.4. The van der Waals surface area contributed by atoms with Gasteiger partial charge in [-0.05, 0) is 83.8 Å². The summed E-state index contributed by atoms with van der Waals surface area (Å²) in [5, 5.41) is 1.93. The van der Waals surface area contributed by atoms with Gasteiger partial charge in [-0.1, -0.05) is 89.4 Å². The summed E-state index contributed by atoms with van der Waals surface area (Å²) in [4.78, 5) is 57.4. The molecule has 9 rings (SSSR count). The Morgan fingerprint density at radius 1 is 0.731 bits per heavy atom. The number of aryl methyl sites for hydroxylation is 1. The van der Waals surface area contributed by atoms with Gasteiger partial charge in [0.05, 0.1) is 22.4 Å². The first-order chi connectivity index (χ1) is 24.9. The van der Waals surface area contributed by atoms with Crippen LogP contribution in [0.25, 0.3) is 0 Å². The number of hydrazine groups is 1. The van der Waals surface area contributed by atoms with Crippen molar-refractivity contribution in [2.75, 3.05) is 6.54 Å². The van der Waals surface area contributed by atoms with E-state index in [0.29, 0.717) is 0 Å². The molecule has 0 unspecified atom stereocenters. The summed E-state index contributed by atoms with van der Waals surface area (Å²) in [5.41, 5.74) is 4.72. The van der Waals surface area contributed by atoms with Crippen LogP contribution in [0, 0.1) is 18.8 Å². The minimum Gasteiger partial charge on any atom is -0.379 e. The molecule has 2 atom stereocenters. The standard InChI is InChI=1S/C40H28Cl2N2O7S/c1-22-10-17-26(18-11-22)52(49,50)51-25-15-12-23(13-16-25)33(45)21-43(38(46)31-19-14-24(41)20-32(31)42)44-39(47)36-34-27-6-2-3-7-28(27)35(37(36)40(44)48)30-9-5-4-8-29(30)34/h2-20,34-37H,21H2,1H3/t34?,35?,36-,37-/m1/s1. The van der Waals surface area contributed by atoms with Crippen molar-refractivity contribution >= 4 is 56.8 Å². The smallest absolute Gasteiger partial charge is 0.339 e. The Kier molecular flexibility index (Phi) is 8.28. The summed E-state index contributed by atoms with van der Waals surface area (Å²) < 4.78 is 30.9. The number of rotatable bonds is 8. The van der Waals surface area contributed by atoms with E-state index in [-0.39, 0.29) is 31.8 Å². The molecule has 2 bridgehead atoms. The van der Waals surface area contributed by atoms with E-state index in [1.807, 2.05) is 55.5 Å². The van der Waals surface area contributed by atoms with Gasteiger partial charge in [0.15, 0.2) is 5.78 Å². The second-order valence-electron chi connectivity index (χ2n) is 13.0. The molecule has 3 amide bonds. The molecule has 0 spiro atoms. The van der Waals surface area contributed by atoms with Gasteiger partial charge in [-0.3, -0.25) is 19.2 Å². The summed E-state index contributed by atoms with van der Waals surface area (Å²) in [6.07, 6.45) is 0. The lowest BCUT2D eigenvalue weighted by molar-refractivity contribution is -0.154. The van der Waals surface area contributed by atoms with Crippen LogP contribution in [-0.2, 0) is 19.7 Å². The molecule has 52 heavy (non-hydrogen) atoms. The predicted molar refractivity (Wildman–Crippen MR) is 193 cm³/mol. The Balaban J connectivity index is 1.13. The van der Waals surface area contributed by atoms with Crippen LogP contribution in [0.3, 0.4) is 0 Å². The molecule has 260 valence electrons. The third-order valence-corrected chi connectivity index (χ3v) is 11.9. The largest absolute Gasteiger partial charge is 0.379 e. The van der Waals surface area contributed by atoms with Crippen molar-refractivity contribution < 1.29 is 31.8 Å². The van der Waals surface area contributed by atoms with Crippen LogP contribution < -0.4 is 4.18 Å². The number of ketones is 1. The van der Waals surface area contributed by atoms with E-state index in [4.69, 9.17) is 27.4 Å². The number of benzene rings is 5. The van der Waals surface area contributed by atoms with Gasteiger partial charge in [-0.2, -0.15) is 13.4 Å². The highest BCUT2D eigenvalue weighted by Crippen LogP contribution is 2.61. The Morgan fingerprint density at radius 3 is 1.75 bits per heavy atom. The second kappa shape index (κ2) is 12.7. The lowest BCUT2D eigenvalue weighted by Crippen LogP contribution is -2.52. The molecule has 12 heteroatoms. The highest BCUT2D eigenvalue weighted by molar-refractivity contribution is 7.87. The number of hydrogen-bond acceptors (Lipinski definition) is 7. The van der Waals surface area contributed by atoms with Gasteiger partial charge in [-0.15, -0.1) is 0 Å².